The van der Waals surface area contributed by atoms with Gasteiger partial charge in [0.1, 0.15) is 11.3 Å². The molecule has 0 aliphatic rings. The van der Waals surface area contributed by atoms with Crippen LogP contribution in [0.15, 0.2) is 85.6 Å². The van der Waals surface area contributed by atoms with Crippen molar-refractivity contribution in [1.29, 1.82) is 0 Å². The Morgan fingerprint density at radius 3 is 2.65 bits per heavy atom. The highest BCUT2D eigenvalue weighted by Gasteiger charge is 2.13. The van der Waals surface area contributed by atoms with Gasteiger partial charge in [0, 0.05) is 17.2 Å². The van der Waals surface area contributed by atoms with E-state index in [0.29, 0.717) is 28.9 Å². The van der Waals surface area contributed by atoms with Crippen molar-refractivity contribution in [3.05, 3.63) is 94.2 Å². The lowest BCUT2D eigenvalue weighted by atomic mass is 10.0. The number of hydrogen-bond acceptors (Lipinski definition) is 7. The normalized spacial score (nSPS) is 11.3. The maximum Gasteiger partial charge on any atom is 0.336 e. The molecule has 0 N–H and O–H groups in total. The summed E-state index contributed by atoms with van der Waals surface area (Å²) < 4.78 is 16.4. The lowest BCUT2D eigenvalue weighted by Gasteiger charge is -2.07. The molecule has 5 rings (SSSR count). The van der Waals surface area contributed by atoms with Crippen LogP contribution in [0, 0.1) is 0 Å². The Morgan fingerprint density at radius 2 is 1.81 bits per heavy atom. The fourth-order valence-corrected chi connectivity index (χ4v) is 4.32. The van der Waals surface area contributed by atoms with E-state index in [1.807, 2.05) is 60.7 Å². The summed E-state index contributed by atoms with van der Waals surface area (Å²) in [5.41, 5.74) is 2.14. The molecule has 0 atom stereocenters. The van der Waals surface area contributed by atoms with E-state index in [1.54, 1.807) is 7.11 Å². The first-order chi connectivity index (χ1) is 15.2. The van der Waals surface area contributed by atoms with E-state index in [9.17, 15) is 4.79 Å². The van der Waals surface area contributed by atoms with E-state index >= 15 is 0 Å². The van der Waals surface area contributed by atoms with Crippen LogP contribution in [0.5, 0.6) is 5.75 Å². The maximum absolute atomic E-state index is 12.1. The molecular weight excluding hydrogens is 412 g/mol. The van der Waals surface area contributed by atoms with E-state index in [0.717, 1.165) is 33.0 Å². The van der Waals surface area contributed by atoms with Crippen LogP contribution in [-0.2, 0) is 12.2 Å². The third-order valence-corrected chi connectivity index (χ3v) is 5.90. The topological polar surface area (TPSA) is 78.4 Å². The van der Waals surface area contributed by atoms with Crippen LogP contribution in [0.2, 0.25) is 0 Å². The van der Waals surface area contributed by atoms with Crippen molar-refractivity contribution in [3.8, 4) is 5.75 Å². The summed E-state index contributed by atoms with van der Waals surface area (Å²) >= 11 is 1.40. The zero-order chi connectivity index (χ0) is 21.2. The van der Waals surface area contributed by atoms with Gasteiger partial charge in [0.2, 0.25) is 5.89 Å². The Morgan fingerprint density at radius 1 is 0.968 bits per heavy atom. The van der Waals surface area contributed by atoms with Gasteiger partial charge >= 0.3 is 5.63 Å². The molecule has 0 radical (unpaired) electrons. The predicted octanol–water partition coefficient (Wildman–Crippen LogP) is 5.22. The fourth-order valence-electron chi connectivity index (χ4n) is 3.56. The number of rotatable bonds is 6. The molecule has 0 aliphatic heterocycles. The van der Waals surface area contributed by atoms with Gasteiger partial charge in [0.15, 0.2) is 0 Å². The molecule has 0 aliphatic carbocycles. The first-order valence-electron chi connectivity index (χ1n) is 9.72. The number of methoxy groups -OCH3 is 1. The average Bonchev–Trinajstić information content (AvgIpc) is 3.24. The number of aromatic nitrogens is 2. The molecule has 2 aromatic heterocycles. The molecule has 6 nitrogen and oxygen atoms in total. The largest absolute Gasteiger partial charge is 0.497 e. The predicted molar refractivity (Wildman–Crippen MR) is 120 cm³/mol. The lowest BCUT2D eigenvalue weighted by Crippen LogP contribution is -2.00. The second-order valence-electron chi connectivity index (χ2n) is 7.03. The van der Waals surface area contributed by atoms with Crippen LogP contribution in [0.1, 0.15) is 17.0 Å². The first kappa shape index (κ1) is 19.4. The smallest absolute Gasteiger partial charge is 0.336 e. The third kappa shape index (κ3) is 4.04. The monoisotopic (exact) mass is 430 g/mol. The van der Waals surface area contributed by atoms with E-state index in [2.05, 4.69) is 10.2 Å². The van der Waals surface area contributed by atoms with Gasteiger partial charge < -0.3 is 13.6 Å². The van der Waals surface area contributed by atoms with E-state index in [-0.39, 0.29) is 5.63 Å². The van der Waals surface area contributed by atoms with Crippen molar-refractivity contribution in [2.45, 2.75) is 17.4 Å². The molecule has 0 fully saturated rings. The summed E-state index contributed by atoms with van der Waals surface area (Å²) in [6, 6.07) is 21.1. The minimum Gasteiger partial charge on any atom is -0.497 e. The highest BCUT2D eigenvalue weighted by atomic mass is 32.2. The molecule has 7 heteroatoms. The second-order valence-corrected chi connectivity index (χ2v) is 7.95. The molecule has 5 aromatic rings. The van der Waals surface area contributed by atoms with Gasteiger partial charge in [-0.2, -0.15) is 0 Å². The van der Waals surface area contributed by atoms with Crippen molar-refractivity contribution in [2.75, 3.05) is 7.11 Å². The summed E-state index contributed by atoms with van der Waals surface area (Å²) in [4.78, 5) is 12.1. The zero-order valence-corrected chi connectivity index (χ0v) is 17.5. The summed E-state index contributed by atoms with van der Waals surface area (Å²) in [5, 5.41) is 11.8. The molecule has 154 valence electrons. The maximum atomic E-state index is 12.1. The molecule has 2 heterocycles. The Balaban J connectivity index is 1.39. The number of hydrogen-bond donors (Lipinski definition) is 0. The molecule has 0 saturated heterocycles. The van der Waals surface area contributed by atoms with Crippen molar-refractivity contribution in [3.63, 3.8) is 0 Å². The number of nitrogens with zero attached hydrogens (tertiary/aromatic N) is 2. The van der Waals surface area contributed by atoms with Crippen LogP contribution in [0.3, 0.4) is 0 Å². The Bertz CT molecular complexity index is 1420. The quantitative estimate of drug-likeness (QED) is 0.208. The van der Waals surface area contributed by atoms with Crippen molar-refractivity contribution in [1.82, 2.24) is 10.2 Å². The number of thioether (sulfide) groups is 1. The molecule has 0 saturated carbocycles. The Labute approximate surface area is 181 Å². The van der Waals surface area contributed by atoms with Gasteiger partial charge in [-0.1, -0.05) is 54.2 Å². The molecule has 0 unspecified atom stereocenters. The zero-order valence-electron chi connectivity index (χ0n) is 16.7. The fraction of sp³-hybridized carbons (Fsp3) is 0.125. The standard InChI is InChI=1S/C24H18N2O4S/c1-28-18-9-6-15(7-10-18)12-21-25-26-24(30-21)31-14-17-13-22(27)29-20-11-8-16-4-2-3-5-19(16)23(17)20/h2-11,13H,12,14H2,1H3. The molecule has 3 aromatic carbocycles. The molecule has 0 spiro atoms. The average molecular weight is 430 g/mol. The van der Waals surface area contributed by atoms with E-state index in [4.69, 9.17) is 13.6 Å². The molecule has 31 heavy (non-hydrogen) atoms. The SMILES string of the molecule is COc1ccc(Cc2nnc(SCc3cc(=O)oc4ccc5ccccc5c34)o2)cc1. The number of fused-ring (bicyclic) bond motifs is 3. The minimum atomic E-state index is -0.371. The van der Waals surface area contributed by atoms with Gasteiger partial charge in [-0.25, -0.2) is 4.79 Å². The van der Waals surface area contributed by atoms with Crippen molar-refractivity contribution in [2.24, 2.45) is 0 Å². The van der Waals surface area contributed by atoms with Crippen molar-refractivity contribution >= 4 is 33.5 Å². The minimum absolute atomic E-state index is 0.371. The highest BCUT2D eigenvalue weighted by Crippen LogP contribution is 2.31. The highest BCUT2D eigenvalue weighted by molar-refractivity contribution is 7.98. The first-order valence-corrected chi connectivity index (χ1v) is 10.7. The van der Waals surface area contributed by atoms with Gasteiger partial charge in [-0.15, -0.1) is 10.2 Å². The van der Waals surface area contributed by atoms with E-state index < -0.39 is 0 Å². The Hall–Kier alpha value is -3.58. The van der Waals surface area contributed by atoms with Gasteiger partial charge in [0.05, 0.1) is 13.5 Å². The van der Waals surface area contributed by atoms with Gasteiger partial charge in [-0.05, 0) is 40.1 Å². The van der Waals surface area contributed by atoms with E-state index in [1.165, 1.54) is 17.8 Å². The third-order valence-electron chi connectivity index (χ3n) is 5.03. The molecule has 0 amide bonds. The van der Waals surface area contributed by atoms with Gasteiger partial charge in [0.25, 0.3) is 5.22 Å². The molecular formula is C24H18N2O4S. The van der Waals surface area contributed by atoms with Crippen LogP contribution in [0.25, 0.3) is 21.7 Å². The summed E-state index contributed by atoms with van der Waals surface area (Å²) in [5.74, 6) is 1.86. The summed E-state index contributed by atoms with van der Waals surface area (Å²) in [7, 11) is 1.64. The van der Waals surface area contributed by atoms with Gasteiger partial charge in [-0.3, -0.25) is 0 Å². The molecule has 0 bridgehead atoms. The van der Waals surface area contributed by atoms with Crippen LogP contribution in [-0.4, -0.2) is 17.3 Å². The van der Waals surface area contributed by atoms with Crippen LogP contribution in [0.4, 0.5) is 0 Å². The summed E-state index contributed by atoms with van der Waals surface area (Å²) in [6.07, 6.45) is 0.542. The summed E-state index contributed by atoms with van der Waals surface area (Å²) in [6.45, 7) is 0. The lowest BCUT2D eigenvalue weighted by molar-refractivity contribution is 0.413. The Kier molecular flexibility index (Phi) is 5.18. The van der Waals surface area contributed by atoms with Crippen LogP contribution < -0.4 is 10.4 Å². The number of ether oxygens (including phenoxy) is 1. The van der Waals surface area contributed by atoms with Crippen LogP contribution >= 0.6 is 11.8 Å². The van der Waals surface area contributed by atoms with Crippen molar-refractivity contribution < 1.29 is 13.6 Å². The number of benzene rings is 3. The second kappa shape index (κ2) is 8.28.